The lowest BCUT2D eigenvalue weighted by Gasteiger charge is -2.18. The number of hydrogen-bond acceptors (Lipinski definition) is 4. The Balaban J connectivity index is 1.87. The average Bonchev–Trinajstić information content (AvgIpc) is 2.39. The number of nitrogens with one attached hydrogen (secondary N) is 2. The number of nitrogens with zero attached hydrogens (tertiary/aromatic N) is 2. The standard InChI is InChI=1S/C13H22N4/c1-2-7-14-8-9-15-13-11-5-3-4-6-12(11)16-10-17-13/h10,14H,2-9H2,1H3,(H,15,16,17). The highest BCUT2D eigenvalue weighted by Gasteiger charge is 2.14. The van der Waals surface area contributed by atoms with Crippen molar-refractivity contribution in [3.05, 3.63) is 17.6 Å². The zero-order chi connectivity index (χ0) is 11.9. The number of rotatable bonds is 6. The largest absolute Gasteiger partial charge is 0.368 e. The van der Waals surface area contributed by atoms with E-state index in [1.165, 1.54) is 30.5 Å². The maximum absolute atomic E-state index is 4.37. The van der Waals surface area contributed by atoms with E-state index in [0.29, 0.717) is 0 Å². The van der Waals surface area contributed by atoms with E-state index in [4.69, 9.17) is 0 Å². The summed E-state index contributed by atoms with van der Waals surface area (Å²) in [4.78, 5) is 8.73. The quantitative estimate of drug-likeness (QED) is 0.737. The Morgan fingerprint density at radius 3 is 2.88 bits per heavy atom. The van der Waals surface area contributed by atoms with Crippen molar-refractivity contribution in [3.8, 4) is 0 Å². The maximum atomic E-state index is 4.37. The highest BCUT2D eigenvalue weighted by molar-refractivity contribution is 5.46. The third kappa shape index (κ3) is 3.40. The van der Waals surface area contributed by atoms with Crippen molar-refractivity contribution in [1.29, 1.82) is 0 Å². The molecule has 0 aliphatic heterocycles. The van der Waals surface area contributed by atoms with Crippen LogP contribution in [-0.4, -0.2) is 29.6 Å². The van der Waals surface area contributed by atoms with Crippen LogP contribution in [0.2, 0.25) is 0 Å². The lowest BCUT2D eigenvalue weighted by atomic mass is 9.96. The number of aryl methyl sites for hydroxylation is 1. The molecule has 0 saturated heterocycles. The summed E-state index contributed by atoms with van der Waals surface area (Å²) in [6.07, 6.45) is 7.64. The van der Waals surface area contributed by atoms with Gasteiger partial charge in [-0.2, -0.15) is 0 Å². The Labute approximate surface area is 103 Å². The predicted molar refractivity (Wildman–Crippen MR) is 70.3 cm³/mol. The highest BCUT2D eigenvalue weighted by atomic mass is 15.0. The summed E-state index contributed by atoms with van der Waals surface area (Å²) in [7, 11) is 0. The van der Waals surface area contributed by atoms with Crippen LogP contribution in [0.25, 0.3) is 0 Å². The van der Waals surface area contributed by atoms with Gasteiger partial charge in [-0.3, -0.25) is 0 Å². The monoisotopic (exact) mass is 234 g/mol. The molecule has 0 unspecified atom stereocenters. The van der Waals surface area contributed by atoms with Gasteiger partial charge in [-0.25, -0.2) is 9.97 Å². The minimum absolute atomic E-state index is 0.934. The zero-order valence-electron chi connectivity index (χ0n) is 10.6. The second kappa shape index (κ2) is 6.55. The first kappa shape index (κ1) is 12.3. The number of aromatic nitrogens is 2. The second-order valence-corrected chi connectivity index (χ2v) is 4.53. The molecule has 0 amide bonds. The Hall–Kier alpha value is -1.16. The van der Waals surface area contributed by atoms with E-state index in [0.717, 1.165) is 38.3 Å². The fourth-order valence-electron chi connectivity index (χ4n) is 2.24. The molecule has 4 heteroatoms. The van der Waals surface area contributed by atoms with Crippen LogP contribution in [0, 0.1) is 0 Å². The Kier molecular flexibility index (Phi) is 4.74. The molecule has 17 heavy (non-hydrogen) atoms. The van der Waals surface area contributed by atoms with Crippen LogP contribution in [-0.2, 0) is 12.8 Å². The minimum Gasteiger partial charge on any atom is -0.368 e. The molecule has 0 spiro atoms. The molecule has 94 valence electrons. The van der Waals surface area contributed by atoms with Crippen molar-refractivity contribution in [1.82, 2.24) is 15.3 Å². The van der Waals surface area contributed by atoms with Gasteiger partial charge in [0.05, 0.1) is 0 Å². The van der Waals surface area contributed by atoms with Crippen molar-refractivity contribution in [3.63, 3.8) is 0 Å². The zero-order valence-corrected chi connectivity index (χ0v) is 10.6. The van der Waals surface area contributed by atoms with Gasteiger partial charge in [0.25, 0.3) is 0 Å². The molecule has 0 fully saturated rings. The van der Waals surface area contributed by atoms with Crippen LogP contribution >= 0.6 is 0 Å². The third-order valence-corrected chi connectivity index (χ3v) is 3.15. The molecule has 2 rings (SSSR count). The fraction of sp³-hybridized carbons (Fsp3) is 0.692. The number of hydrogen-bond donors (Lipinski definition) is 2. The van der Waals surface area contributed by atoms with E-state index in [9.17, 15) is 0 Å². The van der Waals surface area contributed by atoms with Crippen LogP contribution < -0.4 is 10.6 Å². The van der Waals surface area contributed by atoms with Crippen LogP contribution in [0.15, 0.2) is 6.33 Å². The molecule has 1 aliphatic rings. The van der Waals surface area contributed by atoms with Crippen LogP contribution in [0.5, 0.6) is 0 Å². The highest BCUT2D eigenvalue weighted by Crippen LogP contribution is 2.23. The van der Waals surface area contributed by atoms with E-state index in [1.807, 2.05) is 0 Å². The van der Waals surface area contributed by atoms with Crippen LogP contribution in [0.4, 0.5) is 5.82 Å². The predicted octanol–water partition coefficient (Wildman–Crippen LogP) is 1.77. The second-order valence-electron chi connectivity index (χ2n) is 4.53. The summed E-state index contributed by atoms with van der Waals surface area (Å²) < 4.78 is 0. The number of fused-ring (bicyclic) bond motifs is 1. The normalized spacial score (nSPS) is 14.4. The summed E-state index contributed by atoms with van der Waals surface area (Å²) >= 11 is 0. The molecule has 1 aromatic rings. The van der Waals surface area contributed by atoms with Gasteiger partial charge in [0.2, 0.25) is 0 Å². The Morgan fingerprint density at radius 2 is 2.00 bits per heavy atom. The van der Waals surface area contributed by atoms with Gasteiger partial charge in [0.1, 0.15) is 12.1 Å². The summed E-state index contributed by atoms with van der Waals surface area (Å²) in [6.45, 7) is 5.20. The molecular weight excluding hydrogens is 212 g/mol. The van der Waals surface area contributed by atoms with Crippen molar-refractivity contribution in [2.45, 2.75) is 39.0 Å². The SMILES string of the molecule is CCCNCCNc1ncnc2c1CCCC2. The molecule has 0 bridgehead atoms. The average molecular weight is 234 g/mol. The maximum Gasteiger partial charge on any atom is 0.132 e. The first-order valence-electron chi connectivity index (χ1n) is 6.69. The summed E-state index contributed by atoms with van der Waals surface area (Å²) in [5, 5.41) is 6.80. The molecule has 4 nitrogen and oxygen atoms in total. The summed E-state index contributed by atoms with van der Waals surface area (Å²) in [5.74, 6) is 1.05. The topological polar surface area (TPSA) is 49.8 Å². The molecule has 0 aromatic carbocycles. The third-order valence-electron chi connectivity index (χ3n) is 3.15. The molecular formula is C13H22N4. The molecule has 1 aromatic heterocycles. The van der Waals surface area contributed by atoms with Gasteiger partial charge < -0.3 is 10.6 Å². The van der Waals surface area contributed by atoms with E-state index in [1.54, 1.807) is 6.33 Å². The van der Waals surface area contributed by atoms with Crippen molar-refractivity contribution in [2.75, 3.05) is 25.0 Å². The minimum atomic E-state index is 0.934. The van der Waals surface area contributed by atoms with Crippen LogP contribution in [0.3, 0.4) is 0 Å². The molecule has 1 heterocycles. The van der Waals surface area contributed by atoms with Gasteiger partial charge in [-0.05, 0) is 38.6 Å². The molecule has 2 N–H and O–H groups in total. The molecule has 0 atom stereocenters. The smallest absolute Gasteiger partial charge is 0.132 e. The first-order chi connectivity index (χ1) is 8.42. The van der Waals surface area contributed by atoms with Crippen molar-refractivity contribution < 1.29 is 0 Å². The van der Waals surface area contributed by atoms with E-state index >= 15 is 0 Å². The van der Waals surface area contributed by atoms with E-state index in [-0.39, 0.29) is 0 Å². The molecule has 0 radical (unpaired) electrons. The van der Waals surface area contributed by atoms with E-state index in [2.05, 4.69) is 27.5 Å². The lowest BCUT2D eigenvalue weighted by Crippen LogP contribution is -2.24. The summed E-state index contributed by atoms with van der Waals surface area (Å²) in [5.41, 5.74) is 2.59. The lowest BCUT2D eigenvalue weighted by molar-refractivity contribution is 0.660. The fourth-order valence-corrected chi connectivity index (χ4v) is 2.24. The van der Waals surface area contributed by atoms with E-state index < -0.39 is 0 Å². The van der Waals surface area contributed by atoms with Gasteiger partial charge in [-0.15, -0.1) is 0 Å². The van der Waals surface area contributed by atoms with Crippen LogP contribution in [0.1, 0.15) is 37.4 Å². The van der Waals surface area contributed by atoms with Gasteiger partial charge >= 0.3 is 0 Å². The van der Waals surface area contributed by atoms with Gasteiger partial charge in [0, 0.05) is 24.3 Å². The summed E-state index contributed by atoms with van der Waals surface area (Å²) in [6, 6.07) is 0. The Morgan fingerprint density at radius 1 is 1.12 bits per heavy atom. The Bertz CT molecular complexity index is 351. The van der Waals surface area contributed by atoms with Crippen molar-refractivity contribution in [2.24, 2.45) is 0 Å². The number of anilines is 1. The first-order valence-corrected chi connectivity index (χ1v) is 6.69. The molecule has 0 saturated carbocycles. The van der Waals surface area contributed by atoms with Gasteiger partial charge in [0.15, 0.2) is 0 Å². The molecule has 1 aliphatic carbocycles. The van der Waals surface area contributed by atoms with Crippen molar-refractivity contribution >= 4 is 5.82 Å². The van der Waals surface area contributed by atoms with Gasteiger partial charge in [-0.1, -0.05) is 6.92 Å².